The molecule has 3 aromatic rings. The van der Waals surface area contributed by atoms with Crippen LogP contribution in [0.5, 0.6) is 0 Å². The molecule has 4 heteroatoms. The summed E-state index contributed by atoms with van der Waals surface area (Å²) in [6.45, 7) is 0. The first-order valence-electron chi connectivity index (χ1n) is 5.24. The number of hydrogen-bond donors (Lipinski definition) is 2. The maximum absolute atomic E-state index is 5.87. The number of nitrogens with two attached hydrogens (primary N) is 1. The van der Waals surface area contributed by atoms with Crippen LogP contribution in [0.2, 0.25) is 5.02 Å². The zero-order chi connectivity index (χ0) is 11.8. The summed E-state index contributed by atoms with van der Waals surface area (Å²) in [7, 11) is 0. The van der Waals surface area contributed by atoms with Gasteiger partial charge in [-0.25, -0.2) is 4.98 Å². The lowest BCUT2D eigenvalue weighted by molar-refractivity contribution is 1.34. The van der Waals surface area contributed by atoms with Gasteiger partial charge in [-0.3, -0.25) is 0 Å². The van der Waals surface area contributed by atoms with Gasteiger partial charge < -0.3 is 10.7 Å². The van der Waals surface area contributed by atoms with Gasteiger partial charge in [0, 0.05) is 10.6 Å². The average molecular weight is 244 g/mol. The Hall–Kier alpha value is -2.00. The fraction of sp³-hybridized carbons (Fsp3) is 0. The highest BCUT2D eigenvalue weighted by Crippen LogP contribution is 2.24. The molecule has 0 atom stereocenters. The smallest absolute Gasteiger partial charge is 0.138 e. The Morgan fingerprint density at radius 2 is 1.82 bits per heavy atom. The second-order valence-electron chi connectivity index (χ2n) is 3.84. The topological polar surface area (TPSA) is 54.7 Å². The Bertz CT molecular complexity index is 671. The molecule has 1 aromatic heterocycles. The molecule has 0 bridgehead atoms. The molecule has 0 aliphatic carbocycles. The lowest BCUT2D eigenvalue weighted by atomic mass is 10.2. The van der Waals surface area contributed by atoms with Crippen LogP contribution in [0.1, 0.15) is 0 Å². The molecular formula is C13H10ClN3. The first-order valence-corrected chi connectivity index (χ1v) is 5.62. The van der Waals surface area contributed by atoms with E-state index in [2.05, 4.69) is 9.97 Å². The van der Waals surface area contributed by atoms with Crippen molar-refractivity contribution < 1.29 is 0 Å². The number of nitrogen functional groups attached to an aromatic ring is 1. The summed E-state index contributed by atoms with van der Waals surface area (Å²) < 4.78 is 0. The number of rotatable bonds is 1. The fourth-order valence-electron chi connectivity index (χ4n) is 1.80. The number of hydrogen-bond acceptors (Lipinski definition) is 2. The van der Waals surface area contributed by atoms with Crippen LogP contribution in [0.25, 0.3) is 22.4 Å². The molecule has 0 unspecified atom stereocenters. The minimum absolute atomic E-state index is 0.680. The quantitative estimate of drug-likeness (QED) is 0.643. The van der Waals surface area contributed by atoms with Gasteiger partial charge in [0.05, 0.1) is 11.2 Å². The van der Waals surface area contributed by atoms with Gasteiger partial charge >= 0.3 is 0 Å². The SMILES string of the molecule is Nc1cccc2[nH]c(-c3ccc(Cl)cc3)nc12. The van der Waals surface area contributed by atoms with Crippen LogP contribution >= 0.6 is 11.6 Å². The Labute approximate surface area is 103 Å². The largest absolute Gasteiger partial charge is 0.397 e. The maximum Gasteiger partial charge on any atom is 0.138 e. The zero-order valence-electron chi connectivity index (χ0n) is 8.94. The van der Waals surface area contributed by atoms with Gasteiger partial charge in [0.25, 0.3) is 0 Å². The van der Waals surface area contributed by atoms with E-state index in [1.807, 2.05) is 42.5 Å². The van der Waals surface area contributed by atoms with Crippen LogP contribution in [0.3, 0.4) is 0 Å². The second kappa shape index (κ2) is 3.79. The molecule has 0 aliphatic heterocycles. The van der Waals surface area contributed by atoms with Crippen molar-refractivity contribution >= 4 is 28.3 Å². The summed E-state index contributed by atoms with van der Waals surface area (Å²) in [6, 6.07) is 13.2. The number of para-hydroxylation sites is 1. The second-order valence-corrected chi connectivity index (χ2v) is 4.27. The van der Waals surface area contributed by atoms with Gasteiger partial charge in [0.15, 0.2) is 0 Å². The number of aromatic amines is 1. The van der Waals surface area contributed by atoms with Crippen molar-refractivity contribution in [1.82, 2.24) is 9.97 Å². The summed E-state index contributed by atoms with van der Waals surface area (Å²) in [5.41, 5.74) is 9.28. The van der Waals surface area contributed by atoms with Gasteiger partial charge in [-0.2, -0.15) is 0 Å². The molecule has 0 amide bonds. The van der Waals surface area contributed by atoms with E-state index in [9.17, 15) is 0 Å². The Kier molecular flexibility index (Phi) is 2.27. The number of aromatic nitrogens is 2. The fourth-order valence-corrected chi connectivity index (χ4v) is 1.92. The van der Waals surface area contributed by atoms with E-state index in [0.29, 0.717) is 10.7 Å². The first-order chi connectivity index (χ1) is 8.24. The van der Waals surface area contributed by atoms with Crippen molar-refractivity contribution in [2.45, 2.75) is 0 Å². The third-order valence-electron chi connectivity index (χ3n) is 2.66. The number of anilines is 1. The highest BCUT2D eigenvalue weighted by molar-refractivity contribution is 6.30. The molecule has 0 fully saturated rings. The van der Waals surface area contributed by atoms with Gasteiger partial charge in [-0.05, 0) is 36.4 Å². The monoisotopic (exact) mass is 243 g/mol. The number of halogens is 1. The molecule has 3 nitrogen and oxygen atoms in total. The number of nitrogens with one attached hydrogen (secondary N) is 1. The number of fused-ring (bicyclic) bond motifs is 1. The molecule has 0 aliphatic rings. The lowest BCUT2D eigenvalue weighted by Gasteiger charge is -1.95. The maximum atomic E-state index is 5.87. The van der Waals surface area contributed by atoms with Crippen molar-refractivity contribution in [3.63, 3.8) is 0 Å². The summed E-state index contributed by atoms with van der Waals surface area (Å²) in [6.07, 6.45) is 0. The number of H-pyrrole nitrogens is 1. The summed E-state index contributed by atoms with van der Waals surface area (Å²) in [5, 5.41) is 0.712. The van der Waals surface area contributed by atoms with Crippen LogP contribution in [0.4, 0.5) is 5.69 Å². The Balaban J connectivity index is 2.18. The minimum atomic E-state index is 0.680. The van der Waals surface area contributed by atoms with Crippen molar-refractivity contribution in [2.24, 2.45) is 0 Å². The molecule has 17 heavy (non-hydrogen) atoms. The van der Waals surface area contributed by atoms with Crippen LogP contribution < -0.4 is 5.73 Å². The van der Waals surface area contributed by atoms with Gasteiger partial charge in [0.1, 0.15) is 11.3 Å². The Morgan fingerprint density at radius 3 is 2.53 bits per heavy atom. The number of benzene rings is 2. The van der Waals surface area contributed by atoms with E-state index in [-0.39, 0.29) is 0 Å². The van der Waals surface area contributed by atoms with Crippen LogP contribution in [-0.2, 0) is 0 Å². The molecule has 0 saturated heterocycles. The predicted molar refractivity (Wildman–Crippen MR) is 71.0 cm³/mol. The van der Waals surface area contributed by atoms with E-state index in [1.165, 1.54) is 0 Å². The first kappa shape index (κ1) is 10.2. The molecule has 1 heterocycles. The third kappa shape index (κ3) is 1.74. The molecule has 3 N–H and O–H groups in total. The van der Waals surface area contributed by atoms with Crippen molar-refractivity contribution in [1.29, 1.82) is 0 Å². The third-order valence-corrected chi connectivity index (χ3v) is 2.91. The normalized spacial score (nSPS) is 10.9. The molecule has 2 aromatic carbocycles. The molecule has 0 spiro atoms. The van der Waals surface area contributed by atoms with E-state index in [1.54, 1.807) is 0 Å². The van der Waals surface area contributed by atoms with Crippen molar-refractivity contribution in [3.05, 3.63) is 47.5 Å². The standard InChI is InChI=1S/C13H10ClN3/c14-9-6-4-8(5-7-9)13-16-11-3-1-2-10(15)12(11)17-13/h1-7H,15H2,(H,16,17). The number of nitrogens with zero attached hydrogens (tertiary/aromatic N) is 1. The lowest BCUT2D eigenvalue weighted by Crippen LogP contribution is -1.85. The molecule has 0 radical (unpaired) electrons. The number of imidazole rings is 1. The van der Waals surface area contributed by atoms with Gasteiger partial charge in [0.2, 0.25) is 0 Å². The van der Waals surface area contributed by atoms with Crippen molar-refractivity contribution in [2.75, 3.05) is 5.73 Å². The van der Waals surface area contributed by atoms with Gasteiger partial charge in [-0.1, -0.05) is 17.7 Å². The molecule has 84 valence electrons. The minimum Gasteiger partial charge on any atom is -0.397 e. The van der Waals surface area contributed by atoms with Crippen LogP contribution in [0.15, 0.2) is 42.5 Å². The highest BCUT2D eigenvalue weighted by Gasteiger charge is 2.06. The van der Waals surface area contributed by atoms with E-state index in [0.717, 1.165) is 22.4 Å². The van der Waals surface area contributed by atoms with E-state index < -0.39 is 0 Å². The zero-order valence-corrected chi connectivity index (χ0v) is 9.70. The summed E-state index contributed by atoms with van der Waals surface area (Å²) in [5.74, 6) is 0.801. The summed E-state index contributed by atoms with van der Waals surface area (Å²) >= 11 is 5.85. The Morgan fingerprint density at radius 1 is 1.06 bits per heavy atom. The highest BCUT2D eigenvalue weighted by atomic mass is 35.5. The molecule has 3 rings (SSSR count). The van der Waals surface area contributed by atoms with Crippen LogP contribution in [-0.4, -0.2) is 9.97 Å². The van der Waals surface area contributed by atoms with Crippen LogP contribution in [0, 0.1) is 0 Å². The predicted octanol–water partition coefficient (Wildman–Crippen LogP) is 3.47. The summed E-state index contributed by atoms with van der Waals surface area (Å²) in [4.78, 5) is 7.73. The van der Waals surface area contributed by atoms with Gasteiger partial charge in [-0.15, -0.1) is 0 Å². The van der Waals surface area contributed by atoms with Crippen molar-refractivity contribution in [3.8, 4) is 11.4 Å². The molecule has 0 saturated carbocycles. The van der Waals surface area contributed by atoms with E-state index in [4.69, 9.17) is 17.3 Å². The molecular weight excluding hydrogens is 234 g/mol. The average Bonchev–Trinajstić information content (AvgIpc) is 2.75. The van der Waals surface area contributed by atoms with E-state index >= 15 is 0 Å².